The van der Waals surface area contributed by atoms with Gasteiger partial charge in [-0.15, -0.1) is 0 Å². The van der Waals surface area contributed by atoms with Gasteiger partial charge >= 0.3 is 0 Å². The molecule has 1 aliphatic rings. The number of nitrogens with one attached hydrogen (secondary N) is 1. The third-order valence-electron chi connectivity index (χ3n) is 2.27. The lowest BCUT2D eigenvalue weighted by Gasteiger charge is -2.15. The van der Waals surface area contributed by atoms with Gasteiger partial charge in [0, 0.05) is 6.54 Å². The Balaban J connectivity index is 2.47. The van der Waals surface area contributed by atoms with Crippen LogP contribution in [0.25, 0.3) is 0 Å². The first-order chi connectivity index (χ1) is 5.66. The Hall–Kier alpha value is -0.610. The standard InChI is InChI=1S/C8H15NO3/c1-2-9-8(12)5-3-4-6(10)7(5)11/h5-7,10-11H,2-4H2,1H3,(H,9,12). The topological polar surface area (TPSA) is 69.6 Å². The molecular formula is C8H15NO3. The minimum absolute atomic E-state index is 0.151. The molecule has 1 fully saturated rings. The average Bonchev–Trinajstić information content (AvgIpc) is 2.34. The van der Waals surface area contributed by atoms with E-state index in [0.29, 0.717) is 19.4 Å². The van der Waals surface area contributed by atoms with E-state index in [1.54, 1.807) is 0 Å². The van der Waals surface area contributed by atoms with E-state index in [1.807, 2.05) is 6.92 Å². The van der Waals surface area contributed by atoms with Gasteiger partial charge in [0.25, 0.3) is 0 Å². The molecule has 0 aromatic carbocycles. The van der Waals surface area contributed by atoms with E-state index in [0.717, 1.165) is 0 Å². The molecule has 12 heavy (non-hydrogen) atoms. The first-order valence-corrected chi connectivity index (χ1v) is 4.30. The van der Waals surface area contributed by atoms with Crippen molar-refractivity contribution in [2.24, 2.45) is 5.92 Å². The molecule has 3 atom stereocenters. The molecule has 0 aromatic heterocycles. The molecule has 3 unspecified atom stereocenters. The Morgan fingerprint density at radius 3 is 2.58 bits per heavy atom. The van der Waals surface area contributed by atoms with Crippen LogP contribution in [-0.4, -0.2) is 34.9 Å². The smallest absolute Gasteiger partial charge is 0.225 e. The number of rotatable bonds is 2. The van der Waals surface area contributed by atoms with E-state index in [2.05, 4.69) is 5.32 Å². The molecule has 0 aliphatic heterocycles. The summed E-state index contributed by atoms with van der Waals surface area (Å²) in [6, 6.07) is 0. The molecule has 1 rings (SSSR count). The van der Waals surface area contributed by atoms with Gasteiger partial charge in [-0.3, -0.25) is 4.79 Å². The highest BCUT2D eigenvalue weighted by Gasteiger charge is 2.37. The molecule has 0 radical (unpaired) electrons. The van der Waals surface area contributed by atoms with Crippen LogP contribution in [0.3, 0.4) is 0 Å². The summed E-state index contributed by atoms with van der Waals surface area (Å²) in [5.74, 6) is -0.568. The highest BCUT2D eigenvalue weighted by atomic mass is 16.3. The first-order valence-electron chi connectivity index (χ1n) is 4.30. The minimum atomic E-state index is -0.878. The fourth-order valence-electron chi connectivity index (χ4n) is 1.55. The lowest BCUT2D eigenvalue weighted by atomic mass is 10.1. The molecule has 0 spiro atoms. The zero-order valence-electron chi connectivity index (χ0n) is 7.16. The van der Waals surface area contributed by atoms with Crippen molar-refractivity contribution in [1.82, 2.24) is 5.32 Å². The summed E-state index contributed by atoms with van der Waals surface area (Å²) in [7, 11) is 0. The van der Waals surface area contributed by atoms with E-state index in [-0.39, 0.29) is 5.91 Å². The fourth-order valence-corrected chi connectivity index (χ4v) is 1.55. The molecule has 1 saturated carbocycles. The van der Waals surface area contributed by atoms with E-state index in [9.17, 15) is 9.90 Å². The molecule has 4 nitrogen and oxygen atoms in total. The molecule has 3 N–H and O–H groups in total. The SMILES string of the molecule is CCNC(=O)C1CCC(O)C1O. The maximum atomic E-state index is 11.2. The molecule has 1 aliphatic carbocycles. The number of hydrogen-bond donors (Lipinski definition) is 3. The van der Waals surface area contributed by atoms with Crippen molar-refractivity contribution in [2.45, 2.75) is 32.0 Å². The fraction of sp³-hybridized carbons (Fsp3) is 0.875. The van der Waals surface area contributed by atoms with Crippen LogP contribution in [0.4, 0.5) is 0 Å². The predicted octanol–water partition coefficient (Wildman–Crippen LogP) is -0.746. The molecule has 70 valence electrons. The summed E-state index contributed by atoms with van der Waals surface area (Å²) in [6.07, 6.45) is -0.508. The van der Waals surface area contributed by atoms with Gasteiger partial charge in [0.2, 0.25) is 5.91 Å². The third kappa shape index (κ3) is 1.76. The van der Waals surface area contributed by atoms with Crippen molar-refractivity contribution < 1.29 is 15.0 Å². The Kier molecular flexibility index (Phi) is 3.05. The maximum Gasteiger partial charge on any atom is 0.225 e. The number of carbonyl (C=O) groups excluding carboxylic acids is 1. The second-order valence-corrected chi connectivity index (χ2v) is 3.14. The summed E-state index contributed by atoms with van der Waals surface area (Å²) in [6.45, 7) is 2.40. The number of amides is 1. The average molecular weight is 173 g/mol. The van der Waals surface area contributed by atoms with Gasteiger partial charge in [-0.1, -0.05) is 0 Å². The summed E-state index contributed by atoms with van der Waals surface area (Å²) in [4.78, 5) is 11.2. The van der Waals surface area contributed by atoms with Gasteiger partial charge in [0.1, 0.15) is 0 Å². The molecule has 1 amide bonds. The summed E-state index contributed by atoms with van der Waals surface area (Å²) in [5, 5.41) is 21.1. The van der Waals surface area contributed by atoms with Gasteiger partial charge in [-0.2, -0.15) is 0 Å². The van der Waals surface area contributed by atoms with E-state index < -0.39 is 18.1 Å². The van der Waals surface area contributed by atoms with Gasteiger partial charge in [-0.05, 0) is 19.8 Å². The number of aliphatic hydroxyl groups excluding tert-OH is 2. The second-order valence-electron chi connectivity index (χ2n) is 3.14. The van der Waals surface area contributed by atoms with Gasteiger partial charge in [-0.25, -0.2) is 0 Å². The monoisotopic (exact) mass is 173 g/mol. The highest BCUT2D eigenvalue weighted by molar-refractivity contribution is 5.79. The molecular weight excluding hydrogens is 158 g/mol. The van der Waals surface area contributed by atoms with Crippen LogP contribution in [0, 0.1) is 5.92 Å². The Morgan fingerprint density at radius 1 is 1.50 bits per heavy atom. The maximum absolute atomic E-state index is 11.2. The first kappa shape index (κ1) is 9.48. The van der Waals surface area contributed by atoms with Crippen molar-refractivity contribution in [3.8, 4) is 0 Å². The molecule has 4 heteroatoms. The third-order valence-corrected chi connectivity index (χ3v) is 2.27. The van der Waals surface area contributed by atoms with Crippen LogP contribution >= 0.6 is 0 Å². The van der Waals surface area contributed by atoms with E-state index in [1.165, 1.54) is 0 Å². The number of carbonyl (C=O) groups is 1. The van der Waals surface area contributed by atoms with Crippen molar-refractivity contribution in [2.75, 3.05) is 6.54 Å². The Morgan fingerprint density at radius 2 is 2.17 bits per heavy atom. The second kappa shape index (κ2) is 3.87. The summed E-state index contributed by atoms with van der Waals surface area (Å²) in [5.41, 5.74) is 0. The van der Waals surface area contributed by atoms with Crippen LogP contribution in [0.2, 0.25) is 0 Å². The van der Waals surface area contributed by atoms with Crippen LogP contribution in [-0.2, 0) is 4.79 Å². The normalized spacial score (nSPS) is 35.1. The van der Waals surface area contributed by atoms with Crippen molar-refractivity contribution >= 4 is 5.91 Å². The van der Waals surface area contributed by atoms with Crippen molar-refractivity contribution in [3.05, 3.63) is 0 Å². The summed E-state index contributed by atoms with van der Waals surface area (Å²) >= 11 is 0. The van der Waals surface area contributed by atoms with Crippen LogP contribution < -0.4 is 5.32 Å². The largest absolute Gasteiger partial charge is 0.390 e. The zero-order chi connectivity index (χ0) is 9.14. The predicted molar refractivity (Wildman–Crippen MR) is 43.4 cm³/mol. The zero-order valence-corrected chi connectivity index (χ0v) is 7.16. The van der Waals surface area contributed by atoms with Gasteiger partial charge < -0.3 is 15.5 Å². The summed E-state index contributed by atoms with van der Waals surface area (Å²) < 4.78 is 0. The number of aliphatic hydroxyl groups is 2. The highest BCUT2D eigenvalue weighted by Crippen LogP contribution is 2.25. The van der Waals surface area contributed by atoms with Crippen molar-refractivity contribution in [1.29, 1.82) is 0 Å². The lowest BCUT2D eigenvalue weighted by Crippen LogP contribution is -2.37. The molecule has 0 heterocycles. The molecule has 0 aromatic rings. The van der Waals surface area contributed by atoms with Crippen molar-refractivity contribution in [3.63, 3.8) is 0 Å². The van der Waals surface area contributed by atoms with E-state index >= 15 is 0 Å². The Labute approximate surface area is 71.6 Å². The van der Waals surface area contributed by atoms with Gasteiger partial charge in [0.05, 0.1) is 18.1 Å². The minimum Gasteiger partial charge on any atom is -0.390 e. The van der Waals surface area contributed by atoms with E-state index in [4.69, 9.17) is 5.11 Å². The van der Waals surface area contributed by atoms with Crippen LogP contribution in [0.15, 0.2) is 0 Å². The quantitative estimate of drug-likeness (QED) is 0.515. The number of hydrogen-bond acceptors (Lipinski definition) is 3. The van der Waals surface area contributed by atoms with Gasteiger partial charge in [0.15, 0.2) is 0 Å². The molecule has 0 saturated heterocycles. The molecule has 0 bridgehead atoms. The van der Waals surface area contributed by atoms with Crippen LogP contribution in [0.5, 0.6) is 0 Å². The Bertz CT molecular complexity index is 172. The van der Waals surface area contributed by atoms with Crippen LogP contribution in [0.1, 0.15) is 19.8 Å². The lowest BCUT2D eigenvalue weighted by molar-refractivity contribution is -0.128.